The molecule has 2 heterocycles. The zero-order valence-electron chi connectivity index (χ0n) is 35.6. The Balaban J connectivity index is 0.791. The molecule has 5 aliphatic rings. The molecule has 3 aromatic rings. The summed E-state index contributed by atoms with van der Waals surface area (Å²) in [4.78, 5) is 54.8. The molecule has 60 heavy (non-hydrogen) atoms. The van der Waals surface area contributed by atoms with E-state index in [9.17, 15) is 23.6 Å². The van der Waals surface area contributed by atoms with Crippen molar-refractivity contribution in [3.05, 3.63) is 88.2 Å². The topological polar surface area (TPSA) is 114 Å². The lowest BCUT2D eigenvalue weighted by atomic mass is 9.44. The largest absolute Gasteiger partial charge is 0.490 e. The quantitative estimate of drug-likeness (QED) is 0.124. The minimum atomic E-state index is -0.775. The van der Waals surface area contributed by atoms with Crippen molar-refractivity contribution in [1.82, 2.24) is 10.2 Å². The molecule has 2 aliphatic heterocycles. The maximum absolute atomic E-state index is 15.0. The number of carbonyl (C=O) groups is 4. The van der Waals surface area contributed by atoms with Crippen LogP contribution in [0.25, 0.3) is 0 Å². The zero-order valence-corrected chi connectivity index (χ0v) is 35.6. The number of halogens is 1. The zero-order chi connectivity index (χ0) is 42.7. The minimum absolute atomic E-state index is 0.0496. The lowest BCUT2D eigenvalue weighted by Gasteiger charge is -2.63. The van der Waals surface area contributed by atoms with Gasteiger partial charge in [0.2, 0.25) is 0 Å². The van der Waals surface area contributed by atoms with Gasteiger partial charge in [0.05, 0.1) is 37.7 Å². The highest BCUT2D eigenvalue weighted by molar-refractivity contribution is 6.06. The number of ether oxygens (including phenoxy) is 3. The lowest BCUT2D eigenvalue weighted by Crippen LogP contribution is -2.72. The van der Waals surface area contributed by atoms with E-state index >= 15 is 0 Å². The number of anilines is 1. The van der Waals surface area contributed by atoms with Crippen molar-refractivity contribution in [1.29, 1.82) is 0 Å². The SMILES string of the molecule is C#Cc1c(C)cc(OC2C(C)(C)C(CC(=O)c3ccc(N4CC5(C4)CN(C4CC(Oc6ccc(C(=O)N[C@H]7CCC(=O)CC7=O)c(F)c6)C4)CCO5)cc3)C2(C)C)cc1C. The van der Waals surface area contributed by atoms with Crippen LogP contribution in [0.3, 0.4) is 0 Å². The number of hydrogen-bond acceptors (Lipinski definition) is 9. The van der Waals surface area contributed by atoms with Crippen molar-refractivity contribution >= 4 is 28.9 Å². The molecule has 8 rings (SSSR count). The number of terminal acetylenes is 1. The van der Waals surface area contributed by atoms with Crippen LogP contribution < -0.4 is 19.7 Å². The van der Waals surface area contributed by atoms with Crippen LogP contribution in [0.15, 0.2) is 54.6 Å². The predicted octanol–water partition coefficient (Wildman–Crippen LogP) is 7.05. The molecule has 316 valence electrons. The summed E-state index contributed by atoms with van der Waals surface area (Å²) in [5.74, 6) is 2.36. The van der Waals surface area contributed by atoms with Gasteiger partial charge >= 0.3 is 0 Å². The highest BCUT2D eigenvalue weighted by Gasteiger charge is 2.63. The maximum atomic E-state index is 15.0. The number of amides is 1. The van der Waals surface area contributed by atoms with Gasteiger partial charge in [-0.2, -0.15) is 0 Å². The van der Waals surface area contributed by atoms with Crippen molar-refractivity contribution in [2.45, 2.75) is 110 Å². The Bertz CT molecular complexity index is 2210. The lowest BCUT2D eigenvalue weighted by molar-refractivity contribution is -0.196. The molecule has 5 fully saturated rings. The van der Waals surface area contributed by atoms with E-state index in [0.717, 1.165) is 72.7 Å². The van der Waals surface area contributed by atoms with Gasteiger partial charge in [0.25, 0.3) is 5.91 Å². The van der Waals surface area contributed by atoms with Crippen molar-refractivity contribution in [2.75, 3.05) is 37.7 Å². The number of morpholine rings is 1. The number of nitrogens with one attached hydrogen (secondary N) is 1. The first kappa shape index (κ1) is 41.7. The molecule has 1 spiro atoms. The third-order valence-electron chi connectivity index (χ3n) is 14.1. The van der Waals surface area contributed by atoms with E-state index in [1.54, 1.807) is 6.07 Å². The molecule has 2 saturated heterocycles. The van der Waals surface area contributed by atoms with Gasteiger partial charge in [-0.3, -0.25) is 24.1 Å². The fraction of sp³-hybridized carbons (Fsp3) is 0.510. The summed E-state index contributed by atoms with van der Waals surface area (Å²) in [7, 11) is 0. The molecule has 0 bridgehead atoms. The van der Waals surface area contributed by atoms with Crippen LogP contribution in [0.4, 0.5) is 10.1 Å². The summed E-state index contributed by atoms with van der Waals surface area (Å²) in [6, 6.07) is 15.8. The number of benzene rings is 3. The number of aryl methyl sites for hydroxylation is 2. The van der Waals surface area contributed by atoms with Gasteiger partial charge in [0.15, 0.2) is 11.6 Å². The number of ketones is 3. The van der Waals surface area contributed by atoms with E-state index in [1.807, 2.05) is 50.2 Å². The highest BCUT2D eigenvalue weighted by atomic mass is 19.1. The van der Waals surface area contributed by atoms with Crippen LogP contribution in [-0.4, -0.2) is 90.8 Å². The fourth-order valence-corrected chi connectivity index (χ4v) is 10.9. The van der Waals surface area contributed by atoms with Gasteiger partial charge < -0.3 is 24.4 Å². The first-order valence-electron chi connectivity index (χ1n) is 21.3. The molecule has 0 unspecified atom stereocenters. The standard InChI is InChI=1S/C49H56FN3O7/c1-8-38-29(2)19-36(20-30(38)3)60-46-47(4,5)44(48(46,6)7)25-42(55)31-9-11-32(12-10-31)53-27-49(28-53)26-52(17-18-58-49)33-21-37(22-33)59-35-14-15-39(40(50)24-35)45(57)51-41-16-13-34(54)23-43(41)56/h1,9-12,14-15,19-20,24,33,37,41,44,46H,13,16-18,21-23,25-28H2,2-7H3,(H,51,57)/t33?,37?,41-,44?,46?/m0/s1. The third kappa shape index (κ3) is 7.85. The highest BCUT2D eigenvalue weighted by Crippen LogP contribution is 2.62. The van der Waals surface area contributed by atoms with E-state index in [1.165, 1.54) is 12.1 Å². The smallest absolute Gasteiger partial charge is 0.254 e. The molecule has 11 heteroatoms. The maximum Gasteiger partial charge on any atom is 0.254 e. The summed E-state index contributed by atoms with van der Waals surface area (Å²) in [6.07, 6.45) is 7.93. The van der Waals surface area contributed by atoms with Gasteiger partial charge in [-0.15, -0.1) is 6.42 Å². The molecule has 3 aliphatic carbocycles. The van der Waals surface area contributed by atoms with E-state index in [2.05, 4.69) is 48.7 Å². The first-order chi connectivity index (χ1) is 28.5. The Morgan fingerprint density at radius 2 is 1.62 bits per heavy atom. The molecule has 10 nitrogen and oxygen atoms in total. The van der Waals surface area contributed by atoms with E-state index in [4.69, 9.17) is 20.6 Å². The number of nitrogens with zero attached hydrogens (tertiary/aromatic N) is 2. The van der Waals surface area contributed by atoms with Gasteiger partial charge in [-0.05, 0) is 85.8 Å². The number of rotatable bonds is 11. The van der Waals surface area contributed by atoms with Gasteiger partial charge in [-0.1, -0.05) is 33.6 Å². The van der Waals surface area contributed by atoms with Gasteiger partial charge in [-0.25, -0.2) is 4.39 Å². The summed E-state index contributed by atoms with van der Waals surface area (Å²) in [5, 5.41) is 2.57. The molecule has 1 amide bonds. The van der Waals surface area contributed by atoms with Crippen LogP contribution in [0.5, 0.6) is 11.5 Å². The Labute approximate surface area is 352 Å². The molecule has 3 saturated carbocycles. The average Bonchev–Trinajstić information content (AvgIpc) is 3.17. The Morgan fingerprint density at radius 3 is 2.25 bits per heavy atom. The molecule has 0 aromatic heterocycles. The van der Waals surface area contributed by atoms with E-state index < -0.39 is 17.8 Å². The van der Waals surface area contributed by atoms with Crippen molar-refractivity contribution < 1.29 is 37.8 Å². The van der Waals surface area contributed by atoms with Crippen LogP contribution >= 0.6 is 0 Å². The second-order valence-electron chi connectivity index (χ2n) is 19.1. The normalized spacial score (nSPS) is 26.6. The number of carbonyl (C=O) groups excluding carboxylic acids is 4. The Morgan fingerprint density at radius 1 is 0.933 bits per heavy atom. The number of hydrogen-bond donors (Lipinski definition) is 1. The monoisotopic (exact) mass is 817 g/mol. The number of Topliss-reactive ketones (excluding diaryl/α,β-unsaturated/α-hetero) is 3. The third-order valence-corrected chi connectivity index (χ3v) is 14.1. The summed E-state index contributed by atoms with van der Waals surface area (Å²) in [6.45, 7) is 16.7. The van der Waals surface area contributed by atoms with Gasteiger partial charge in [0.1, 0.15) is 40.9 Å². The Hall–Kier alpha value is -5.05. The van der Waals surface area contributed by atoms with Crippen molar-refractivity contribution in [3.63, 3.8) is 0 Å². The molecule has 1 atom stereocenters. The van der Waals surface area contributed by atoms with Crippen LogP contribution in [0.1, 0.15) is 104 Å². The minimum Gasteiger partial charge on any atom is -0.490 e. The van der Waals surface area contributed by atoms with Crippen LogP contribution in [0.2, 0.25) is 0 Å². The summed E-state index contributed by atoms with van der Waals surface area (Å²) >= 11 is 0. The molecule has 0 radical (unpaired) electrons. The van der Waals surface area contributed by atoms with E-state index in [0.29, 0.717) is 24.8 Å². The van der Waals surface area contributed by atoms with Crippen molar-refractivity contribution in [3.8, 4) is 23.8 Å². The molecule has 3 aromatic carbocycles. The van der Waals surface area contributed by atoms with Crippen LogP contribution in [0, 0.1) is 48.8 Å². The second-order valence-corrected chi connectivity index (χ2v) is 19.1. The van der Waals surface area contributed by atoms with Crippen LogP contribution in [-0.2, 0) is 14.3 Å². The molecular formula is C49H56FN3O7. The van der Waals surface area contributed by atoms with E-state index in [-0.39, 0.29) is 76.7 Å². The predicted molar refractivity (Wildman–Crippen MR) is 226 cm³/mol. The molecular weight excluding hydrogens is 762 g/mol. The van der Waals surface area contributed by atoms with Crippen molar-refractivity contribution in [2.24, 2.45) is 16.7 Å². The fourth-order valence-electron chi connectivity index (χ4n) is 10.9. The average molecular weight is 818 g/mol. The summed E-state index contributed by atoms with van der Waals surface area (Å²) in [5.41, 5.74) is 3.94. The second kappa shape index (κ2) is 15.8. The molecule has 1 N–H and O–H groups in total. The Kier molecular flexibility index (Phi) is 11.0. The first-order valence-corrected chi connectivity index (χ1v) is 21.3. The summed E-state index contributed by atoms with van der Waals surface area (Å²) < 4.78 is 34.0. The van der Waals surface area contributed by atoms with Gasteiger partial charge in [0, 0.05) is 78.5 Å².